The van der Waals surface area contributed by atoms with Gasteiger partial charge in [-0.25, -0.2) is 0 Å². The highest BCUT2D eigenvalue weighted by molar-refractivity contribution is 7.12. The Hall–Kier alpha value is -1.16. The van der Waals surface area contributed by atoms with E-state index < -0.39 is 0 Å². The summed E-state index contributed by atoms with van der Waals surface area (Å²) in [6.07, 6.45) is 5.35. The summed E-state index contributed by atoms with van der Waals surface area (Å²) in [5.74, 6) is 0.649. The highest BCUT2D eigenvalue weighted by Crippen LogP contribution is 2.23. The van der Waals surface area contributed by atoms with Crippen molar-refractivity contribution in [3.8, 4) is 0 Å². The molecule has 1 aliphatic carbocycles. The van der Waals surface area contributed by atoms with E-state index in [9.17, 15) is 9.59 Å². The van der Waals surface area contributed by atoms with Gasteiger partial charge < -0.3 is 5.32 Å². The van der Waals surface area contributed by atoms with Gasteiger partial charge in [0.05, 0.1) is 4.88 Å². The molecule has 3 nitrogen and oxygen atoms in total. The number of rotatable bonds is 5. The molecular weight excluding hydrogens is 258 g/mol. The monoisotopic (exact) mass is 279 g/mol. The lowest BCUT2D eigenvalue weighted by molar-refractivity contribution is -0.122. The van der Waals surface area contributed by atoms with Gasteiger partial charge in [-0.15, -0.1) is 11.3 Å². The minimum absolute atomic E-state index is 0.0173. The first-order valence-electron chi connectivity index (χ1n) is 7.03. The third kappa shape index (κ3) is 4.16. The highest BCUT2D eigenvalue weighted by Gasteiger charge is 2.22. The predicted octanol–water partition coefficient (Wildman–Crippen LogP) is 3.41. The Morgan fingerprint density at radius 2 is 2.11 bits per heavy atom. The first-order valence-corrected chi connectivity index (χ1v) is 7.91. The molecule has 104 valence electrons. The van der Waals surface area contributed by atoms with Gasteiger partial charge in [0.2, 0.25) is 5.91 Å². The van der Waals surface area contributed by atoms with Gasteiger partial charge in [0, 0.05) is 18.9 Å². The number of thiophene rings is 1. The molecule has 1 aromatic heterocycles. The van der Waals surface area contributed by atoms with Gasteiger partial charge in [-0.05, 0) is 30.2 Å². The minimum atomic E-state index is 0.0173. The molecule has 4 heteroatoms. The Labute approximate surface area is 118 Å². The number of amides is 1. The second kappa shape index (κ2) is 6.85. The molecule has 1 saturated carbocycles. The lowest BCUT2D eigenvalue weighted by Gasteiger charge is -2.29. The molecule has 2 atom stereocenters. The van der Waals surface area contributed by atoms with Gasteiger partial charge in [0.25, 0.3) is 0 Å². The lowest BCUT2D eigenvalue weighted by Crippen LogP contribution is -2.41. The highest BCUT2D eigenvalue weighted by atomic mass is 32.1. The second-order valence-electron chi connectivity index (χ2n) is 5.34. The van der Waals surface area contributed by atoms with E-state index in [4.69, 9.17) is 0 Å². The van der Waals surface area contributed by atoms with Gasteiger partial charge in [-0.1, -0.05) is 25.8 Å². The van der Waals surface area contributed by atoms with E-state index in [1.165, 1.54) is 30.6 Å². The summed E-state index contributed by atoms with van der Waals surface area (Å²) in [6.45, 7) is 2.20. The van der Waals surface area contributed by atoms with Crippen LogP contribution in [0.3, 0.4) is 0 Å². The first-order chi connectivity index (χ1) is 9.16. The van der Waals surface area contributed by atoms with Crippen molar-refractivity contribution in [1.29, 1.82) is 0 Å². The molecule has 0 saturated heterocycles. The zero-order chi connectivity index (χ0) is 13.7. The summed E-state index contributed by atoms with van der Waals surface area (Å²) in [6, 6.07) is 3.98. The van der Waals surface area contributed by atoms with Crippen LogP contribution in [-0.2, 0) is 4.79 Å². The Kier molecular flexibility index (Phi) is 5.14. The molecule has 1 aromatic rings. The van der Waals surface area contributed by atoms with E-state index in [0.29, 0.717) is 24.8 Å². The molecule has 1 fully saturated rings. The molecule has 0 aliphatic heterocycles. The fourth-order valence-corrected chi connectivity index (χ4v) is 3.29. The van der Waals surface area contributed by atoms with E-state index in [2.05, 4.69) is 12.2 Å². The quantitative estimate of drug-likeness (QED) is 0.840. The van der Waals surface area contributed by atoms with Gasteiger partial charge in [-0.2, -0.15) is 0 Å². The Morgan fingerprint density at radius 1 is 1.32 bits per heavy atom. The molecule has 0 aromatic carbocycles. The molecule has 2 rings (SSSR count). The van der Waals surface area contributed by atoms with Crippen molar-refractivity contribution < 1.29 is 9.59 Å². The van der Waals surface area contributed by atoms with Crippen molar-refractivity contribution in [2.75, 3.05) is 0 Å². The van der Waals surface area contributed by atoms with Gasteiger partial charge in [0.15, 0.2) is 5.78 Å². The maximum atomic E-state index is 11.9. The lowest BCUT2D eigenvalue weighted by atomic mass is 9.86. The molecule has 1 aliphatic rings. The van der Waals surface area contributed by atoms with E-state index >= 15 is 0 Å². The largest absolute Gasteiger partial charge is 0.353 e. The van der Waals surface area contributed by atoms with Crippen LogP contribution in [0.4, 0.5) is 0 Å². The molecular formula is C15H21NO2S. The standard InChI is InChI=1S/C15H21NO2S/c1-11-5-2-3-6-12(11)16-15(18)9-8-13(17)14-7-4-10-19-14/h4,7,10-12H,2-3,5-6,8-9H2,1H3,(H,16,18)/t11-,12+/m1/s1. The Balaban J connectivity index is 1.74. The molecule has 0 unspecified atom stereocenters. The fourth-order valence-electron chi connectivity index (χ4n) is 2.60. The Bertz CT molecular complexity index is 427. The Morgan fingerprint density at radius 3 is 2.79 bits per heavy atom. The SMILES string of the molecule is C[C@@H]1CCCC[C@@H]1NC(=O)CCC(=O)c1cccs1. The molecule has 1 heterocycles. The van der Waals surface area contributed by atoms with Crippen LogP contribution in [0.5, 0.6) is 0 Å². The number of nitrogens with one attached hydrogen (secondary N) is 1. The molecule has 0 spiro atoms. The number of carbonyl (C=O) groups is 2. The van der Waals surface area contributed by atoms with Crippen molar-refractivity contribution in [3.05, 3.63) is 22.4 Å². The van der Waals surface area contributed by atoms with Crippen LogP contribution in [0.25, 0.3) is 0 Å². The van der Waals surface area contributed by atoms with E-state index in [1.54, 1.807) is 0 Å². The van der Waals surface area contributed by atoms with Crippen molar-refractivity contribution in [3.63, 3.8) is 0 Å². The fraction of sp³-hybridized carbons (Fsp3) is 0.600. The maximum absolute atomic E-state index is 11.9. The second-order valence-corrected chi connectivity index (χ2v) is 6.28. The zero-order valence-electron chi connectivity index (χ0n) is 11.4. The minimum Gasteiger partial charge on any atom is -0.353 e. The number of ketones is 1. The third-order valence-corrected chi connectivity index (χ3v) is 4.74. The van der Waals surface area contributed by atoms with Crippen LogP contribution in [0.15, 0.2) is 17.5 Å². The summed E-state index contributed by atoms with van der Waals surface area (Å²) < 4.78 is 0. The van der Waals surface area contributed by atoms with Gasteiger partial charge in [-0.3, -0.25) is 9.59 Å². The molecule has 1 amide bonds. The van der Waals surface area contributed by atoms with Crippen molar-refractivity contribution in [2.24, 2.45) is 5.92 Å². The molecule has 0 bridgehead atoms. The van der Waals surface area contributed by atoms with Crippen LogP contribution >= 0.6 is 11.3 Å². The van der Waals surface area contributed by atoms with Crippen LogP contribution in [0.2, 0.25) is 0 Å². The summed E-state index contributed by atoms with van der Waals surface area (Å²) in [5, 5.41) is 4.97. The number of hydrogen-bond donors (Lipinski definition) is 1. The van der Waals surface area contributed by atoms with Crippen LogP contribution in [0.1, 0.15) is 55.1 Å². The smallest absolute Gasteiger partial charge is 0.220 e. The first kappa shape index (κ1) is 14.3. The maximum Gasteiger partial charge on any atom is 0.220 e. The van der Waals surface area contributed by atoms with E-state index in [-0.39, 0.29) is 11.7 Å². The molecule has 0 radical (unpaired) electrons. The van der Waals surface area contributed by atoms with Crippen LogP contribution in [0, 0.1) is 5.92 Å². The van der Waals surface area contributed by atoms with Crippen molar-refractivity contribution >= 4 is 23.0 Å². The van der Waals surface area contributed by atoms with Gasteiger partial charge in [0.1, 0.15) is 0 Å². The molecule has 1 N–H and O–H groups in total. The average molecular weight is 279 g/mol. The van der Waals surface area contributed by atoms with Crippen LogP contribution in [-0.4, -0.2) is 17.7 Å². The summed E-state index contributed by atoms with van der Waals surface area (Å²) in [7, 11) is 0. The summed E-state index contributed by atoms with van der Waals surface area (Å²) in [4.78, 5) is 24.4. The topological polar surface area (TPSA) is 46.2 Å². The van der Waals surface area contributed by atoms with Crippen molar-refractivity contribution in [2.45, 2.75) is 51.5 Å². The summed E-state index contributed by atoms with van der Waals surface area (Å²) >= 11 is 1.44. The zero-order valence-corrected chi connectivity index (χ0v) is 12.2. The van der Waals surface area contributed by atoms with Crippen molar-refractivity contribution in [1.82, 2.24) is 5.32 Å². The predicted molar refractivity (Wildman–Crippen MR) is 77.4 cm³/mol. The molecule has 19 heavy (non-hydrogen) atoms. The van der Waals surface area contributed by atoms with E-state index in [0.717, 1.165) is 11.3 Å². The normalized spacial score (nSPS) is 23.0. The number of carbonyl (C=O) groups excluding carboxylic acids is 2. The van der Waals surface area contributed by atoms with E-state index in [1.807, 2.05) is 17.5 Å². The van der Waals surface area contributed by atoms with Crippen LogP contribution < -0.4 is 5.32 Å². The number of Topliss-reactive ketones (excluding diaryl/α,β-unsaturated/α-hetero) is 1. The third-order valence-electron chi connectivity index (χ3n) is 3.83. The van der Waals surface area contributed by atoms with Gasteiger partial charge >= 0.3 is 0 Å². The summed E-state index contributed by atoms with van der Waals surface area (Å²) in [5.41, 5.74) is 0. The average Bonchev–Trinajstić information content (AvgIpc) is 2.93. The number of hydrogen-bond acceptors (Lipinski definition) is 3.